The van der Waals surface area contributed by atoms with Gasteiger partial charge in [-0.2, -0.15) is 0 Å². The van der Waals surface area contributed by atoms with Crippen molar-refractivity contribution >= 4 is 11.6 Å². The largest absolute Gasteiger partial charge is 0.392 e. The molecule has 0 bridgehead atoms. The first-order chi connectivity index (χ1) is 8.32. The van der Waals surface area contributed by atoms with Crippen LogP contribution in [0.3, 0.4) is 0 Å². The van der Waals surface area contributed by atoms with Crippen LogP contribution in [-0.2, 0) is 11.4 Å². The van der Waals surface area contributed by atoms with Crippen molar-refractivity contribution in [1.82, 2.24) is 0 Å². The minimum absolute atomic E-state index is 0.0248. The van der Waals surface area contributed by atoms with Gasteiger partial charge in [0.05, 0.1) is 6.61 Å². The van der Waals surface area contributed by atoms with Gasteiger partial charge in [0.1, 0.15) is 0 Å². The smallest absolute Gasteiger partial charge is 0.228 e. The molecule has 0 heterocycles. The van der Waals surface area contributed by atoms with Gasteiger partial charge in [-0.15, -0.1) is 0 Å². The second kappa shape index (κ2) is 4.09. The Morgan fingerprint density at radius 2 is 1.78 bits per heavy atom. The minimum atomic E-state index is -0.0616. The predicted molar refractivity (Wildman–Crippen MR) is 72.0 cm³/mol. The molecule has 1 fully saturated rings. The minimum Gasteiger partial charge on any atom is -0.392 e. The molecule has 1 aliphatic carbocycles. The van der Waals surface area contributed by atoms with Gasteiger partial charge in [-0.1, -0.05) is 45.9 Å². The van der Waals surface area contributed by atoms with Crippen LogP contribution in [-0.4, -0.2) is 11.0 Å². The molecule has 0 spiro atoms. The standard InChI is InChI=1S/C15H21NO2/c1-14(2)12(15(14,3)4)13(18)16-11-8-6-5-7-10(11)9-17/h5-8,12,17H,9H2,1-4H3,(H,16,18). The van der Waals surface area contributed by atoms with Crippen molar-refractivity contribution in [2.75, 3.05) is 5.32 Å². The summed E-state index contributed by atoms with van der Waals surface area (Å²) in [6.45, 7) is 8.42. The van der Waals surface area contributed by atoms with Crippen LogP contribution >= 0.6 is 0 Å². The van der Waals surface area contributed by atoms with Crippen molar-refractivity contribution < 1.29 is 9.90 Å². The highest BCUT2D eigenvalue weighted by Gasteiger charge is 2.68. The average molecular weight is 247 g/mol. The zero-order chi connectivity index (χ0) is 13.6. The van der Waals surface area contributed by atoms with Gasteiger partial charge in [0, 0.05) is 17.2 Å². The first-order valence-corrected chi connectivity index (χ1v) is 6.32. The third-order valence-corrected chi connectivity index (χ3v) is 4.73. The average Bonchev–Trinajstić information content (AvgIpc) is 2.70. The van der Waals surface area contributed by atoms with E-state index in [1.807, 2.05) is 24.3 Å². The van der Waals surface area contributed by atoms with Crippen LogP contribution in [0.4, 0.5) is 5.69 Å². The lowest BCUT2D eigenvalue weighted by Crippen LogP contribution is -2.18. The molecule has 98 valence electrons. The highest BCUT2D eigenvalue weighted by atomic mass is 16.3. The number of anilines is 1. The van der Waals surface area contributed by atoms with E-state index in [2.05, 4.69) is 33.0 Å². The van der Waals surface area contributed by atoms with Crippen molar-refractivity contribution in [3.05, 3.63) is 29.8 Å². The molecular formula is C15H21NO2. The van der Waals surface area contributed by atoms with E-state index in [4.69, 9.17) is 0 Å². The van der Waals surface area contributed by atoms with Gasteiger partial charge < -0.3 is 10.4 Å². The van der Waals surface area contributed by atoms with Crippen LogP contribution in [0.25, 0.3) is 0 Å². The summed E-state index contributed by atoms with van der Waals surface area (Å²) in [5.74, 6) is 0.0719. The molecule has 1 amide bonds. The Morgan fingerprint density at radius 3 is 2.28 bits per heavy atom. The zero-order valence-corrected chi connectivity index (χ0v) is 11.4. The van der Waals surface area contributed by atoms with E-state index in [0.29, 0.717) is 5.69 Å². The van der Waals surface area contributed by atoms with E-state index in [-0.39, 0.29) is 29.3 Å². The maximum Gasteiger partial charge on any atom is 0.228 e. The van der Waals surface area contributed by atoms with Crippen LogP contribution in [0.5, 0.6) is 0 Å². The zero-order valence-electron chi connectivity index (χ0n) is 11.4. The highest BCUT2D eigenvalue weighted by molar-refractivity contribution is 5.96. The molecule has 1 aromatic rings. The fourth-order valence-electron chi connectivity index (χ4n) is 2.84. The van der Waals surface area contributed by atoms with E-state index >= 15 is 0 Å². The molecular weight excluding hydrogens is 226 g/mol. The van der Waals surface area contributed by atoms with Gasteiger partial charge in [0.15, 0.2) is 0 Å². The maximum atomic E-state index is 12.3. The summed E-state index contributed by atoms with van der Waals surface area (Å²) in [7, 11) is 0. The second-order valence-electron chi connectivity index (χ2n) is 6.18. The molecule has 0 aromatic heterocycles. The van der Waals surface area contributed by atoms with Gasteiger partial charge in [-0.25, -0.2) is 0 Å². The Kier molecular flexibility index (Phi) is 2.98. The number of carbonyl (C=O) groups excluding carboxylic acids is 1. The molecule has 1 aliphatic rings. The fourth-order valence-corrected chi connectivity index (χ4v) is 2.84. The molecule has 1 saturated carbocycles. The lowest BCUT2D eigenvalue weighted by molar-refractivity contribution is -0.118. The number of benzene rings is 1. The number of carbonyl (C=O) groups is 1. The van der Waals surface area contributed by atoms with Crippen LogP contribution in [0.15, 0.2) is 24.3 Å². The number of para-hydroxylation sites is 1. The number of nitrogens with one attached hydrogen (secondary N) is 1. The SMILES string of the molecule is CC1(C)C(C(=O)Nc2ccccc2CO)C1(C)C. The van der Waals surface area contributed by atoms with Crippen molar-refractivity contribution in [2.45, 2.75) is 34.3 Å². The Labute approximate surface area is 108 Å². The fraction of sp³-hybridized carbons (Fsp3) is 0.533. The molecule has 0 saturated heterocycles. The quantitative estimate of drug-likeness (QED) is 0.863. The lowest BCUT2D eigenvalue weighted by atomic mass is 10.0. The Balaban J connectivity index is 2.14. The Morgan fingerprint density at radius 1 is 1.22 bits per heavy atom. The summed E-state index contributed by atoms with van der Waals surface area (Å²) in [4.78, 5) is 12.3. The molecule has 3 heteroatoms. The van der Waals surface area contributed by atoms with Crippen LogP contribution in [0.1, 0.15) is 33.3 Å². The molecule has 0 radical (unpaired) electrons. The van der Waals surface area contributed by atoms with Crippen molar-refractivity contribution in [2.24, 2.45) is 16.7 Å². The van der Waals surface area contributed by atoms with Gasteiger partial charge in [-0.05, 0) is 16.9 Å². The van der Waals surface area contributed by atoms with Gasteiger partial charge in [0.25, 0.3) is 0 Å². The van der Waals surface area contributed by atoms with Crippen molar-refractivity contribution in [3.8, 4) is 0 Å². The van der Waals surface area contributed by atoms with E-state index in [0.717, 1.165) is 5.56 Å². The molecule has 2 N–H and O–H groups in total. The van der Waals surface area contributed by atoms with E-state index in [1.54, 1.807) is 0 Å². The summed E-state index contributed by atoms with van der Waals surface area (Å²) >= 11 is 0. The van der Waals surface area contributed by atoms with Crippen molar-refractivity contribution in [1.29, 1.82) is 0 Å². The monoisotopic (exact) mass is 247 g/mol. The first-order valence-electron chi connectivity index (χ1n) is 6.32. The summed E-state index contributed by atoms with van der Waals surface area (Å²) in [5.41, 5.74) is 1.53. The number of aliphatic hydroxyl groups is 1. The molecule has 0 aliphatic heterocycles. The summed E-state index contributed by atoms with van der Waals surface area (Å²) in [6.07, 6.45) is 0. The van der Waals surface area contributed by atoms with Crippen molar-refractivity contribution in [3.63, 3.8) is 0 Å². The molecule has 18 heavy (non-hydrogen) atoms. The second-order valence-corrected chi connectivity index (χ2v) is 6.18. The summed E-state index contributed by atoms with van der Waals surface area (Å²) in [5, 5.41) is 12.2. The Bertz CT molecular complexity index is 463. The Hall–Kier alpha value is -1.35. The van der Waals surface area contributed by atoms with Crippen LogP contribution < -0.4 is 5.32 Å². The number of hydrogen-bond donors (Lipinski definition) is 2. The summed E-state index contributed by atoms with van der Waals surface area (Å²) in [6, 6.07) is 7.36. The van der Waals surface area contributed by atoms with E-state index in [9.17, 15) is 9.90 Å². The predicted octanol–water partition coefficient (Wildman–Crippen LogP) is 2.80. The number of aliphatic hydroxyl groups excluding tert-OH is 1. The molecule has 0 unspecified atom stereocenters. The number of amides is 1. The first kappa shape index (κ1) is 13.1. The van der Waals surface area contributed by atoms with Crippen LogP contribution in [0.2, 0.25) is 0 Å². The maximum absolute atomic E-state index is 12.3. The summed E-state index contributed by atoms with van der Waals surface area (Å²) < 4.78 is 0. The third-order valence-electron chi connectivity index (χ3n) is 4.73. The number of hydrogen-bond acceptors (Lipinski definition) is 2. The highest BCUT2D eigenvalue weighted by Crippen LogP contribution is 2.68. The lowest BCUT2D eigenvalue weighted by Gasteiger charge is -2.10. The van der Waals surface area contributed by atoms with Gasteiger partial charge in [0.2, 0.25) is 5.91 Å². The van der Waals surface area contributed by atoms with Gasteiger partial charge in [-0.3, -0.25) is 4.79 Å². The molecule has 1 aromatic carbocycles. The van der Waals surface area contributed by atoms with E-state index in [1.165, 1.54) is 0 Å². The third kappa shape index (κ3) is 1.83. The molecule has 3 nitrogen and oxygen atoms in total. The van der Waals surface area contributed by atoms with Crippen LogP contribution in [0, 0.1) is 16.7 Å². The normalized spacial score (nSPS) is 20.5. The number of rotatable bonds is 3. The van der Waals surface area contributed by atoms with E-state index < -0.39 is 0 Å². The molecule has 2 rings (SSSR count). The topological polar surface area (TPSA) is 49.3 Å². The van der Waals surface area contributed by atoms with Gasteiger partial charge >= 0.3 is 0 Å². The molecule has 0 atom stereocenters.